The van der Waals surface area contributed by atoms with E-state index in [2.05, 4.69) is 51.2 Å². The van der Waals surface area contributed by atoms with E-state index in [1.165, 1.54) is 29.5 Å². The maximum atomic E-state index is 9.08. The van der Waals surface area contributed by atoms with Crippen LogP contribution in [0.3, 0.4) is 0 Å². The van der Waals surface area contributed by atoms with Gasteiger partial charge in [0.15, 0.2) is 0 Å². The second-order valence-electron chi connectivity index (χ2n) is 5.64. The standard InChI is InChI=1S/C17H29NO/c1-5-6-16(9-10-19)12-18-15(4)17-8-7-13(2)14(3)11-17/h7-8,11,15-16,18-19H,5-6,9-10,12H2,1-4H3. The van der Waals surface area contributed by atoms with Gasteiger partial charge in [0.05, 0.1) is 0 Å². The Kier molecular flexibility index (Phi) is 7.11. The second-order valence-corrected chi connectivity index (χ2v) is 5.64. The van der Waals surface area contributed by atoms with Gasteiger partial charge >= 0.3 is 0 Å². The molecule has 0 radical (unpaired) electrons. The van der Waals surface area contributed by atoms with E-state index in [9.17, 15) is 0 Å². The lowest BCUT2D eigenvalue weighted by atomic mass is 9.98. The zero-order valence-electron chi connectivity index (χ0n) is 12.9. The summed E-state index contributed by atoms with van der Waals surface area (Å²) in [4.78, 5) is 0. The Morgan fingerprint density at radius 2 is 1.89 bits per heavy atom. The van der Waals surface area contributed by atoms with Crippen LogP contribution in [0, 0.1) is 19.8 Å². The van der Waals surface area contributed by atoms with Gasteiger partial charge in [0.2, 0.25) is 0 Å². The third-order valence-electron chi connectivity index (χ3n) is 3.98. The number of aliphatic hydroxyl groups is 1. The first-order valence-electron chi connectivity index (χ1n) is 7.49. The highest BCUT2D eigenvalue weighted by Crippen LogP contribution is 2.18. The molecule has 0 heterocycles. The fourth-order valence-corrected chi connectivity index (χ4v) is 2.43. The van der Waals surface area contributed by atoms with Crippen LogP contribution in [0.1, 0.15) is 55.8 Å². The van der Waals surface area contributed by atoms with Crippen molar-refractivity contribution >= 4 is 0 Å². The summed E-state index contributed by atoms with van der Waals surface area (Å²) in [5.41, 5.74) is 4.05. The molecule has 2 N–H and O–H groups in total. The Morgan fingerprint density at radius 3 is 2.47 bits per heavy atom. The minimum Gasteiger partial charge on any atom is -0.396 e. The molecule has 2 heteroatoms. The maximum absolute atomic E-state index is 9.08. The largest absolute Gasteiger partial charge is 0.396 e. The Hall–Kier alpha value is -0.860. The van der Waals surface area contributed by atoms with Crippen LogP contribution in [-0.2, 0) is 0 Å². The fraction of sp³-hybridized carbons (Fsp3) is 0.647. The van der Waals surface area contributed by atoms with Crippen molar-refractivity contribution in [1.82, 2.24) is 5.32 Å². The third kappa shape index (κ3) is 5.33. The summed E-state index contributed by atoms with van der Waals surface area (Å²) in [6.45, 7) is 10.0. The van der Waals surface area contributed by atoms with Crippen molar-refractivity contribution in [3.63, 3.8) is 0 Å². The summed E-state index contributed by atoms with van der Waals surface area (Å²) in [6.07, 6.45) is 3.28. The summed E-state index contributed by atoms with van der Waals surface area (Å²) >= 11 is 0. The minimum absolute atomic E-state index is 0.296. The molecule has 2 nitrogen and oxygen atoms in total. The lowest BCUT2D eigenvalue weighted by Gasteiger charge is -2.20. The number of benzene rings is 1. The molecule has 0 fully saturated rings. The molecule has 0 aliphatic carbocycles. The van der Waals surface area contributed by atoms with Gasteiger partial charge in [0, 0.05) is 12.6 Å². The van der Waals surface area contributed by atoms with Crippen LogP contribution in [0.2, 0.25) is 0 Å². The Bertz CT molecular complexity index is 370. The smallest absolute Gasteiger partial charge is 0.0434 e. The molecule has 2 unspecified atom stereocenters. The zero-order chi connectivity index (χ0) is 14.3. The van der Waals surface area contributed by atoms with E-state index in [0.717, 1.165) is 13.0 Å². The van der Waals surface area contributed by atoms with E-state index >= 15 is 0 Å². The number of nitrogens with one attached hydrogen (secondary N) is 1. The fourth-order valence-electron chi connectivity index (χ4n) is 2.43. The molecule has 108 valence electrons. The molecule has 0 saturated heterocycles. The van der Waals surface area contributed by atoms with Gasteiger partial charge in [-0.2, -0.15) is 0 Å². The number of hydrogen-bond donors (Lipinski definition) is 2. The summed E-state index contributed by atoms with van der Waals surface area (Å²) < 4.78 is 0. The van der Waals surface area contributed by atoms with Crippen LogP contribution in [-0.4, -0.2) is 18.3 Å². The average molecular weight is 263 g/mol. The highest BCUT2D eigenvalue weighted by atomic mass is 16.3. The molecule has 0 aliphatic heterocycles. The van der Waals surface area contributed by atoms with Crippen molar-refractivity contribution in [3.8, 4) is 0 Å². The molecular weight excluding hydrogens is 234 g/mol. The van der Waals surface area contributed by atoms with Crippen molar-refractivity contribution in [2.75, 3.05) is 13.2 Å². The lowest BCUT2D eigenvalue weighted by Crippen LogP contribution is -2.26. The first kappa shape index (κ1) is 16.2. The molecule has 2 atom stereocenters. The van der Waals surface area contributed by atoms with Gasteiger partial charge in [-0.15, -0.1) is 0 Å². The van der Waals surface area contributed by atoms with Crippen LogP contribution < -0.4 is 5.32 Å². The third-order valence-corrected chi connectivity index (χ3v) is 3.98. The zero-order valence-corrected chi connectivity index (χ0v) is 12.9. The predicted octanol–water partition coefficient (Wildman–Crippen LogP) is 3.75. The van der Waals surface area contributed by atoms with Crippen molar-refractivity contribution in [1.29, 1.82) is 0 Å². The van der Waals surface area contributed by atoms with E-state index < -0.39 is 0 Å². The van der Waals surface area contributed by atoms with Crippen LogP contribution in [0.5, 0.6) is 0 Å². The Balaban J connectivity index is 2.53. The molecule has 1 aromatic carbocycles. The summed E-state index contributed by atoms with van der Waals surface area (Å²) in [5, 5.41) is 12.7. The number of aryl methyl sites for hydroxylation is 2. The molecule has 0 spiro atoms. The monoisotopic (exact) mass is 263 g/mol. The van der Waals surface area contributed by atoms with Gasteiger partial charge in [0.25, 0.3) is 0 Å². The molecule has 19 heavy (non-hydrogen) atoms. The van der Waals surface area contributed by atoms with Crippen LogP contribution >= 0.6 is 0 Å². The van der Waals surface area contributed by atoms with Crippen LogP contribution in [0.25, 0.3) is 0 Å². The number of aliphatic hydroxyl groups excluding tert-OH is 1. The molecular formula is C17H29NO. The Labute approximate surface area is 118 Å². The molecule has 0 amide bonds. The van der Waals surface area contributed by atoms with Crippen LogP contribution in [0.4, 0.5) is 0 Å². The summed E-state index contributed by atoms with van der Waals surface area (Å²) in [5.74, 6) is 0.587. The maximum Gasteiger partial charge on any atom is 0.0434 e. The van der Waals surface area contributed by atoms with E-state index in [1.54, 1.807) is 0 Å². The van der Waals surface area contributed by atoms with Crippen molar-refractivity contribution in [2.45, 2.75) is 53.0 Å². The average Bonchev–Trinajstić information content (AvgIpc) is 2.39. The highest BCUT2D eigenvalue weighted by molar-refractivity contribution is 5.31. The van der Waals surface area contributed by atoms with E-state index in [1.807, 2.05) is 0 Å². The highest BCUT2D eigenvalue weighted by Gasteiger charge is 2.11. The molecule has 0 aromatic heterocycles. The van der Waals surface area contributed by atoms with Gasteiger partial charge in [-0.3, -0.25) is 0 Å². The van der Waals surface area contributed by atoms with Gasteiger partial charge < -0.3 is 10.4 Å². The number of rotatable bonds is 8. The van der Waals surface area contributed by atoms with Crippen LogP contribution in [0.15, 0.2) is 18.2 Å². The summed E-state index contributed by atoms with van der Waals surface area (Å²) in [7, 11) is 0. The SMILES string of the molecule is CCCC(CCO)CNC(C)c1ccc(C)c(C)c1. The second kappa shape index (κ2) is 8.34. The van der Waals surface area contributed by atoms with Gasteiger partial charge in [0.1, 0.15) is 0 Å². The Morgan fingerprint density at radius 1 is 1.16 bits per heavy atom. The van der Waals surface area contributed by atoms with Gasteiger partial charge in [-0.25, -0.2) is 0 Å². The summed E-state index contributed by atoms with van der Waals surface area (Å²) in [6, 6.07) is 7.05. The first-order chi connectivity index (χ1) is 9.08. The molecule has 1 aromatic rings. The van der Waals surface area contributed by atoms with E-state index in [4.69, 9.17) is 5.11 Å². The van der Waals surface area contributed by atoms with Crippen molar-refractivity contribution in [3.05, 3.63) is 34.9 Å². The lowest BCUT2D eigenvalue weighted by molar-refractivity contribution is 0.246. The van der Waals surface area contributed by atoms with E-state index in [0.29, 0.717) is 18.6 Å². The molecule has 0 saturated carbocycles. The first-order valence-corrected chi connectivity index (χ1v) is 7.49. The number of hydrogen-bond acceptors (Lipinski definition) is 2. The van der Waals surface area contributed by atoms with Crippen molar-refractivity contribution < 1.29 is 5.11 Å². The van der Waals surface area contributed by atoms with Gasteiger partial charge in [-0.05, 0) is 62.8 Å². The minimum atomic E-state index is 0.296. The molecule has 0 bridgehead atoms. The molecule has 0 aliphatic rings. The predicted molar refractivity (Wildman–Crippen MR) is 82.4 cm³/mol. The molecule has 1 rings (SSSR count). The topological polar surface area (TPSA) is 32.3 Å². The quantitative estimate of drug-likeness (QED) is 0.748. The van der Waals surface area contributed by atoms with E-state index in [-0.39, 0.29) is 0 Å². The van der Waals surface area contributed by atoms with Crippen molar-refractivity contribution in [2.24, 2.45) is 5.92 Å². The van der Waals surface area contributed by atoms with Gasteiger partial charge in [-0.1, -0.05) is 31.5 Å². The normalized spacial score (nSPS) is 14.4.